The van der Waals surface area contributed by atoms with Crippen LogP contribution in [0.2, 0.25) is 0 Å². The Morgan fingerprint density at radius 3 is 1.32 bits per heavy atom. The first-order valence-corrected chi connectivity index (χ1v) is 8.52. The lowest BCUT2D eigenvalue weighted by atomic mass is 9.95. The van der Waals surface area contributed by atoms with Gasteiger partial charge in [-0.1, -0.05) is 12.1 Å². The van der Waals surface area contributed by atoms with Crippen LogP contribution in [0.15, 0.2) is 36.4 Å². The van der Waals surface area contributed by atoms with Gasteiger partial charge >= 0.3 is 11.9 Å². The molecular formula is C20H20N2O6. The summed E-state index contributed by atoms with van der Waals surface area (Å²) in [6.07, 6.45) is 0. The number of amides is 2. The van der Waals surface area contributed by atoms with Crippen molar-refractivity contribution in [2.45, 2.75) is 13.8 Å². The maximum Gasteiger partial charge on any atom is 0.338 e. The number of hydrogen-bond acceptors (Lipinski definition) is 6. The van der Waals surface area contributed by atoms with Crippen LogP contribution in [0.3, 0.4) is 0 Å². The topological polar surface area (TPSA) is 139 Å². The Morgan fingerprint density at radius 1 is 0.679 bits per heavy atom. The number of hydrogen-bond donors (Lipinski definition) is 2. The molecule has 0 saturated heterocycles. The minimum atomic E-state index is -0.772. The highest BCUT2D eigenvalue weighted by Gasteiger charge is 2.20. The van der Waals surface area contributed by atoms with Crippen LogP contribution in [-0.2, 0) is 9.47 Å². The number of rotatable bonds is 7. The minimum absolute atomic E-state index is 0.00325. The lowest BCUT2D eigenvalue weighted by Gasteiger charge is -2.12. The fourth-order valence-corrected chi connectivity index (χ4v) is 2.63. The molecule has 0 bridgehead atoms. The van der Waals surface area contributed by atoms with Gasteiger partial charge in [-0.05, 0) is 49.2 Å². The van der Waals surface area contributed by atoms with Crippen LogP contribution in [0, 0.1) is 0 Å². The fraction of sp³-hybridized carbons (Fsp3) is 0.200. The molecule has 2 rings (SSSR count). The lowest BCUT2D eigenvalue weighted by Crippen LogP contribution is -2.18. The summed E-state index contributed by atoms with van der Waals surface area (Å²) < 4.78 is 9.94. The fourth-order valence-electron chi connectivity index (χ4n) is 2.63. The first kappa shape index (κ1) is 20.6. The number of benzene rings is 2. The van der Waals surface area contributed by atoms with Crippen LogP contribution in [0.4, 0.5) is 0 Å². The maximum atomic E-state index is 12.2. The normalized spacial score (nSPS) is 10.2. The van der Waals surface area contributed by atoms with E-state index in [1.807, 2.05) is 0 Å². The van der Waals surface area contributed by atoms with E-state index < -0.39 is 23.8 Å². The highest BCUT2D eigenvalue weighted by Crippen LogP contribution is 2.26. The van der Waals surface area contributed by atoms with Crippen molar-refractivity contribution in [3.63, 3.8) is 0 Å². The van der Waals surface area contributed by atoms with Crippen LogP contribution >= 0.6 is 0 Å². The van der Waals surface area contributed by atoms with Crippen LogP contribution < -0.4 is 11.5 Å². The predicted octanol–water partition coefficient (Wildman–Crippen LogP) is 1.90. The molecule has 8 heteroatoms. The second-order valence-corrected chi connectivity index (χ2v) is 5.69. The molecule has 28 heavy (non-hydrogen) atoms. The number of esters is 2. The summed E-state index contributed by atoms with van der Waals surface area (Å²) in [4.78, 5) is 47.6. The molecule has 146 valence electrons. The van der Waals surface area contributed by atoms with E-state index in [2.05, 4.69) is 0 Å². The Kier molecular flexibility index (Phi) is 6.49. The number of primary amides is 2. The second-order valence-electron chi connectivity index (χ2n) is 5.69. The summed E-state index contributed by atoms with van der Waals surface area (Å²) in [5, 5.41) is 0. The van der Waals surface area contributed by atoms with E-state index in [0.29, 0.717) is 11.1 Å². The molecule has 0 atom stereocenters. The Labute approximate surface area is 161 Å². The summed E-state index contributed by atoms with van der Waals surface area (Å²) >= 11 is 0. The van der Waals surface area contributed by atoms with E-state index in [9.17, 15) is 19.2 Å². The molecule has 4 N–H and O–H groups in total. The number of nitrogens with two attached hydrogens (primary N) is 2. The molecule has 2 aromatic carbocycles. The van der Waals surface area contributed by atoms with Crippen molar-refractivity contribution in [1.82, 2.24) is 0 Å². The second kappa shape index (κ2) is 8.81. The van der Waals surface area contributed by atoms with Gasteiger partial charge in [-0.2, -0.15) is 0 Å². The average molecular weight is 384 g/mol. The van der Waals surface area contributed by atoms with Crippen molar-refractivity contribution >= 4 is 23.8 Å². The van der Waals surface area contributed by atoms with Gasteiger partial charge in [-0.15, -0.1) is 0 Å². The molecule has 0 saturated carbocycles. The monoisotopic (exact) mass is 384 g/mol. The Morgan fingerprint density at radius 2 is 1.04 bits per heavy atom. The van der Waals surface area contributed by atoms with Crippen molar-refractivity contribution < 1.29 is 28.7 Å². The van der Waals surface area contributed by atoms with Gasteiger partial charge in [0.2, 0.25) is 11.8 Å². The average Bonchev–Trinajstić information content (AvgIpc) is 2.67. The van der Waals surface area contributed by atoms with Crippen molar-refractivity contribution in [1.29, 1.82) is 0 Å². The summed E-state index contributed by atoms with van der Waals surface area (Å²) in [6, 6.07) is 8.80. The third-order valence-electron chi connectivity index (χ3n) is 3.89. The van der Waals surface area contributed by atoms with E-state index >= 15 is 0 Å². The van der Waals surface area contributed by atoms with Crippen molar-refractivity contribution in [2.75, 3.05) is 13.2 Å². The van der Waals surface area contributed by atoms with E-state index in [4.69, 9.17) is 20.9 Å². The first-order chi connectivity index (χ1) is 13.3. The summed E-state index contributed by atoms with van der Waals surface area (Å²) in [6.45, 7) is 3.53. The quantitative estimate of drug-likeness (QED) is 0.699. The molecule has 0 aliphatic carbocycles. The zero-order valence-electron chi connectivity index (χ0n) is 15.5. The predicted molar refractivity (Wildman–Crippen MR) is 101 cm³/mol. The van der Waals surface area contributed by atoms with Gasteiger partial charge in [-0.25, -0.2) is 9.59 Å². The third-order valence-corrected chi connectivity index (χ3v) is 3.89. The summed E-state index contributed by atoms with van der Waals surface area (Å²) in [5.74, 6) is -2.94. The zero-order chi connectivity index (χ0) is 20.8. The van der Waals surface area contributed by atoms with Crippen molar-refractivity contribution in [3.8, 4) is 11.1 Å². The zero-order valence-corrected chi connectivity index (χ0v) is 15.5. The van der Waals surface area contributed by atoms with Crippen LogP contribution in [0.1, 0.15) is 55.3 Å². The van der Waals surface area contributed by atoms with E-state index in [1.165, 1.54) is 24.3 Å². The molecule has 2 amide bonds. The SMILES string of the molecule is CCOC(=O)c1cc(-c2ccc(C(N)=O)c(C(=O)OCC)c2)ccc1C(N)=O. The lowest BCUT2D eigenvalue weighted by molar-refractivity contribution is 0.0514. The van der Waals surface area contributed by atoms with Gasteiger partial charge in [0.1, 0.15) is 0 Å². The smallest absolute Gasteiger partial charge is 0.338 e. The standard InChI is InChI=1S/C20H20N2O6/c1-3-27-19(25)15-9-11(5-7-13(15)17(21)23)12-6-8-14(18(22)24)16(10-12)20(26)28-4-2/h5-10H,3-4H2,1-2H3,(H2,21,23)(H2,22,24). The van der Waals surface area contributed by atoms with Gasteiger partial charge < -0.3 is 20.9 Å². The first-order valence-electron chi connectivity index (χ1n) is 8.52. The van der Waals surface area contributed by atoms with Gasteiger partial charge in [0.25, 0.3) is 0 Å². The minimum Gasteiger partial charge on any atom is -0.462 e. The molecule has 0 radical (unpaired) electrons. The third kappa shape index (κ3) is 4.35. The molecule has 0 fully saturated rings. The molecule has 0 spiro atoms. The number of carbonyl (C=O) groups excluding carboxylic acids is 4. The molecule has 0 aromatic heterocycles. The summed E-state index contributed by atoms with van der Waals surface area (Å²) in [7, 11) is 0. The van der Waals surface area contributed by atoms with Crippen LogP contribution in [-0.4, -0.2) is 37.0 Å². The van der Waals surface area contributed by atoms with Gasteiger partial charge in [0, 0.05) is 0 Å². The van der Waals surface area contributed by atoms with Gasteiger partial charge in [0.15, 0.2) is 0 Å². The Bertz CT molecular complexity index is 874. The van der Waals surface area contributed by atoms with Gasteiger partial charge in [-0.3, -0.25) is 9.59 Å². The van der Waals surface area contributed by atoms with E-state index in [1.54, 1.807) is 26.0 Å². The number of ether oxygens (including phenoxy) is 2. The molecule has 0 unspecified atom stereocenters. The van der Waals surface area contributed by atoms with Crippen molar-refractivity contribution in [3.05, 3.63) is 58.7 Å². The van der Waals surface area contributed by atoms with Crippen LogP contribution in [0.25, 0.3) is 11.1 Å². The van der Waals surface area contributed by atoms with Crippen LogP contribution in [0.5, 0.6) is 0 Å². The summed E-state index contributed by atoms with van der Waals surface area (Å²) in [5.41, 5.74) is 11.7. The van der Waals surface area contributed by atoms with Gasteiger partial charge in [0.05, 0.1) is 35.5 Å². The molecule has 0 heterocycles. The molecule has 2 aromatic rings. The molecular weight excluding hydrogens is 364 g/mol. The Balaban J connectivity index is 2.61. The highest BCUT2D eigenvalue weighted by molar-refractivity contribution is 6.07. The highest BCUT2D eigenvalue weighted by atomic mass is 16.5. The number of carbonyl (C=O) groups is 4. The molecule has 8 nitrogen and oxygen atoms in total. The molecule has 0 aliphatic rings. The largest absolute Gasteiger partial charge is 0.462 e. The van der Waals surface area contributed by atoms with E-state index in [0.717, 1.165) is 0 Å². The van der Waals surface area contributed by atoms with E-state index in [-0.39, 0.29) is 35.5 Å². The van der Waals surface area contributed by atoms with Crippen molar-refractivity contribution in [2.24, 2.45) is 11.5 Å². The maximum absolute atomic E-state index is 12.2. The molecule has 0 aliphatic heterocycles. The Hall–Kier alpha value is -3.68.